The molecule has 0 N–H and O–H groups in total. The zero-order valence-corrected chi connectivity index (χ0v) is 17.4. The van der Waals surface area contributed by atoms with Gasteiger partial charge in [-0.2, -0.15) is 0 Å². The number of para-hydroxylation sites is 1. The molecule has 4 rings (SSSR count). The monoisotopic (exact) mass is 429 g/mol. The molecule has 0 amide bonds. The van der Waals surface area contributed by atoms with Gasteiger partial charge in [-0.25, -0.2) is 0 Å². The minimum atomic E-state index is -0.514. The predicted molar refractivity (Wildman–Crippen MR) is 111 cm³/mol. The Hall–Kier alpha value is -2.51. The van der Waals surface area contributed by atoms with Gasteiger partial charge < -0.3 is 9.47 Å². The fourth-order valence-corrected chi connectivity index (χ4v) is 4.33. The van der Waals surface area contributed by atoms with Crippen molar-refractivity contribution in [2.75, 3.05) is 7.11 Å². The van der Waals surface area contributed by atoms with Gasteiger partial charge in [-0.15, -0.1) is 10.2 Å². The molecule has 1 aromatic heterocycles. The van der Waals surface area contributed by atoms with E-state index in [4.69, 9.17) is 21.1 Å². The van der Waals surface area contributed by atoms with E-state index >= 15 is 0 Å². The van der Waals surface area contributed by atoms with Gasteiger partial charge >= 0.3 is 5.97 Å². The molecule has 1 saturated carbocycles. The molecular weight excluding hydrogens is 410 g/mol. The lowest BCUT2D eigenvalue weighted by Gasteiger charge is -2.15. The number of hydrogen-bond donors (Lipinski definition) is 0. The van der Waals surface area contributed by atoms with Crippen molar-refractivity contribution in [2.45, 2.75) is 35.9 Å². The van der Waals surface area contributed by atoms with Crippen LogP contribution in [-0.4, -0.2) is 27.8 Å². The van der Waals surface area contributed by atoms with Crippen LogP contribution >= 0.6 is 23.4 Å². The van der Waals surface area contributed by atoms with Crippen molar-refractivity contribution in [3.8, 4) is 5.75 Å². The molecule has 0 radical (unpaired) electrons. The average Bonchev–Trinajstić information content (AvgIpc) is 3.52. The van der Waals surface area contributed by atoms with Crippen LogP contribution in [0.1, 0.15) is 35.5 Å². The average molecular weight is 430 g/mol. The lowest BCUT2D eigenvalue weighted by atomic mass is 10.1. The highest BCUT2D eigenvalue weighted by Crippen LogP contribution is 2.42. The standard InChI is InChI=1S/C21H20ClN3O3S/c1-27-20(26)19(14-7-3-2-4-8-14)29-21-24-23-18(25(21)15-11-12-15)13-28-17-10-6-5-9-16(17)22/h2-10,15,19H,11-13H2,1H3. The molecule has 2 aromatic carbocycles. The second kappa shape index (κ2) is 8.88. The first kappa shape index (κ1) is 19.8. The lowest BCUT2D eigenvalue weighted by Crippen LogP contribution is -2.13. The molecule has 0 spiro atoms. The van der Waals surface area contributed by atoms with Crippen LogP contribution in [-0.2, 0) is 16.1 Å². The van der Waals surface area contributed by atoms with Crippen molar-refractivity contribution in [3.63, 3.8) is 0 Å². The largest absolute Gasteiger partial charge is 0.484 e. The Bertz CT molecular complexity index is 992. The molecule has 0 saturated heterocycles. The minimum absolute atomic E-state index is 0.252. The summed E-state index contributed by atoms with van der Waals surface area (Å²) >= 11 is 7.52. The van der Waals surface area contributed by atoms with Crippen molar-refractivity contribution in [1.82, 2.24) is 14.8 Å². The summed E-state index contributed by atoms with van der Waals surface area (Å²) in [7, 11) is 1.40. The van der Waals surface area contributed by atoms with E-state index in [1.165, 1.54) is 18.9 Å². The molecule has 1 unspecified atom stereocenters. The number of aromatic nitrogens is 3. The van der Waals surface area contributed by atoms with Crippen molar-refractivity contribution in [2.24, 2.45) is 0 Å². The Kier molecular flexibility index (Phi) is 6.06. The Balaban J connectivity index is 1.57. The number of carbonyl (C=O) groups is 1. The van der Waals surface area contributed by atoms with E-state index in [-0.39, 0.29) is 12.6 Å². The third kappa shape index (κ3) is 4.57. The van der Waals surface area contributed by atoms with Crippen LogP contribution in [0.3, 0.4) is 0 Å². The summed E-state index contributed by atoms with van der Waals surface area (Å²) in [6.45, 7) is 0.252. The quantitative estimate of drug-likeness (QED) is 0.376. The number of nitrogens with zero attached hydrogens (tertiary/aromatic N) is 3. The molecular formula is C21H20ClN3O3S. The summed E-state index contributed by atoms with van der Waals surface area (Å²) in [5.41, 5.74) is 0.864. The van der Waals surface area contributed by atoms with E-state index in [0.717, 1.165) is 18.4 Å². The van der Waals surface area contributed by atoms with Gasteiger partial charge in [-0.05, 0) is 30.5 Å². The lowest BCUT2D eigenvalue weighted by molar-refractivity contribution is -0.140. The highest BCUT2D eigenvalue weighted by atomic mass is 35.5. The molecule has 0 bridgehead atoms. The van der Waals surface area contributed by atoms with Crippen LogP contribution in [0.25, 0.3) is 0 Å². The van der Waals surface area contributed by atoms with Crippen LogP contribution in [0.5, 0.6) is 5.75 Å². The van der Waals surface area contributed by atoms with Crippen molar-refractivity contribution < 1.29 is 14.3 Å². The fraction of sp³-hybridized carbons (Fsp3) is 0.286. The van der Waals surface area contributed by atoms with Crippen LogP contribution < -0.4 is 4.74 Å². The van der Waals surface area contributed by atoms with Crippen molar-refractivity contribution >= 4 is 29.3 Å². The summed E-state index contributed by atoms with van der Waals surface area (Å²) in [5, 5.41) is 9.40. The molecule has 1 aliphatic carbocycles. The molecule has 1 atom stereocenters. The Morgan fingerprint density at radius 1 is 1.17 bits per heavy atom. The van der Waals surface area contributed by atoms with Crippen LogP contribution in [0.4, 0.5) is 0 Å². The first-order valence-corrected chi connectivity index (χ1v) is 10.5. The first-order valence-electron chi connectivity index (χ1n) is 9.28. The number of methoxy groups -OCH3 is 1. The van der Waals surface area contributed by atoms with Crippen molar-refractivity contribution in [1.29, 1.82) is 0 Å². The van der Waals surface area contributed by atoms with Gasteiger partial charge in [-0.3, -0.25) is 9.36 Å². The smallest absolute Gasteiger partial charge is 0.323 e. The zero-order chi connectivity index (χ0) is 20.2. The Morgan fingerprint density at radius 3 is 2.59 bits per heavy atom. The van der Waals surface area contributed by atoms with Gasteiger partial charge in [-0.1, -0.05) is 65.8 Å². The third-order valence-corrected chi connectivity index (χ3v) is 6.08. The fourth-order valence-electron chi connectivity index (χ4n) is 2.98. The van der Waals surface area contributed by atoms with E-state index in [1.54, 1.807) is 6.07 Å². The number of thioether (sulfide) groups is 1. The highest BCUT2D eigenvalue weighted by Gasteiger charge is 2.33. The van der Waals surface area contributed by atoms with Gasteiger partial charge in [0, 0.05) is 6.04 Å². The maximum Gasteiger partial charge on any atom is 0.323 e. The van der Waals surface area contributed by atoms with Gasteiger partial charge in [0.05, 0.1) is 12.1 Å². The number of esters is 1. The SMILES string of the molecule is COC(=O)C(Sc1nnc(COc2ccccc2Cl)n1C1CC1)c1ccccc1. The van der Waals surface area contributed by atoms with Gasteiger partial charge in [0.1, 0.15) is 17.6 Å². The maximum absolute atomic E-state index is 12.4. The minimum Gasteiger partial charge on any atom is -0.484 e. The molecule has 3 aromatic rings. The summed E-state index contributed by atoms with van der Waals surface area (Å²) in [4.78, 5) is 12.4. The number of carbonyl (C=O) groups excluding carboxylic acids is 1. The molecule has 1 heterocycles. The predicted octanol–water partition coefficient (Wildman–Crippen LogP) is 4.85. The molecule has 150 valence electrons. The van der Waals surface area contributed by atoms with E-state index in [1.807, 2.05) is 48.5 Å². The molecule has 29 heavy (non-hydrogen) atoms. The molecule has 6 nitrogen and oxygen atoms in total. The van der Waals surface area contributed by atoms with E-state index in [9.17, 15) is 4.79 Å². The van der Waals surface area contributed by atoms with E-state index in [2.05, 4.69) is 14.8 Å². The first-order chi connectivity index (χ1) is 14.2. The van der Waals surface area contributed by atoms with E-state index in [0.29, 0.717) is 27.8 Å². The van der Waals surface area contributed by atoms with Gasteiger partial charge in [0.25, 0.3) is 0 Å². The zero-order valence-electron chi connectivity index (χ0n) is 15.8. The summed E-state index contributed by atoms with van der Waals surface area (Å²) in [5.74, 6) is 0.998. The maximum atomic E-state index is 12.4. The molecule has 1 fully saturated rings. The Labute approximate surface area is 178 Å². The number of benzene rings is 2. The summed E-state index contributed by atoms with van der Waals surface area (Å²) < 4.78 is 13.0. The summed E-state index contributed by atoms with van der Waals surface area (Å²) in [6, 6.07) is 17.2. The van der Waals surface area contributed by atoms with Crippen LogP contribution in [0.2, 0.25) is 5.02 Å². The third-order valence-electron chi connectivity index (χ3n) is 4.58. The second-order valence-corrected chi connectivity index (χ2v) is 8.13. The summed E-state index contributed by atoms with van der Waals surface area (Å²) in [6.07, 6.45) is 2.11. The second-order valence-electron chi connectivity index (χ2n) is 6.65. The van der Waals surface area contributed by atoms with Gasteiger partial charge in [0.15, 0.2) is 11.0 Å². The molecule has 1 aliphatic rings. The van der Waals surface area contributed by atoms with Crippen LogP contribution in [0, 0.1) is 0 Å². The number of ether oxygens (including phenoxy) is 2. The topological polar surface area (TPSA) is 66.2 Å². The van der Waals surface area contributed by atoms with Crippen LogP contribution in [0.15, 0.2) is 59.8 Å². The molecule has 0 aliphatic heterocycles. The number of halogens is 1. The molecule has 8 heteroatoms. The Morgan fingerprint density at radius 2 is 1.90 bits per heavy atom. The number of hydrogen-bond acceptors (Lipinski definition) is 6. The highest BCUT2D eigenvalue weighted by molar-refractivity contribution is 8.00. The number of rotatable bonds is 8. The normalized spacial score (nSPS) is 14.4. The van der Waals surface area contributed by atoms with Crippen molar-refractivity contribution in [3.05, 3.63) is 71.0 Å². The van der Waals surface area contributed by atoms with Gasteiger partial charge in [0.2, 0.25) is 0 Å². The van der Waals surface area contributed by atoms with E-state index < -0.39 is 5.25 Å².